The number of hydrogen-bond donors (Lipinski definition) is 0. The van der Waals surface area contributed by atoms with Crippen LogP contribution in [0, 0.1) is 0 Å². The molecule has 0 atom stereocenters. The molecule has 1 aromatic heterocycles. The minimum Gasteiger partial charge on any atom is -0.378 e. The van der Waals surface area contributed by atoms with E-state index < -0.39 is 21.8 Å². The molecule has 2 aliphatic rings. The Kier molecular flexibility index (Phi) is 6.54. The van der Waals surface area contributed by atoms with Gasteiger partial charge in [0.25, 0.3) is 0 Å². The molecule has 2 aromatic rings. The molecule has 0 bridgehead atoms. The number of benzene rings is 1. The predicted molar refractivity (Wildman–Crippen MR) is 113 cm³/mol. The smallest absolute Gasteiger partial charge is 0.378 e. The van der Waals surface area contributed by atoms with E-state index in [0.29, 0.717) is 37.7 Å². The first-order chi connectivity index (χ1) is 15.2. The van der Waals surface area contributed by atoms with Crippen molar-refractivity contribution in [2.75, 3.05) is 62.3 Å². The van der Waals surface area contributed by atoms with Crippen LogP contribution in [0.1, 0.15) is 11.1 Å². The van der Waals surface area contributed by atoms with Gasteiger partial charge in [-0.15, -0.1) is 10.2 Å². The van der Waals surface area contributed by atoms with Gasteiger partial charge in [0.05, 0.1) is 24.5 Å². The molecule has 8 nitrogen and oxygen atoms in total. The molecule has 0 saturated carbocycles. The summed E-state index contributed by atoms with van der Waals surface area (Å²) < 4.78 is 70.3. The lowest BCUT2D eigenvalue weighted by Crippen LogP contribution is -2.49. The number of aromatic nitrogens is 2. The topological polar surface area (TPSA) is 78.9 Å². The van der Waals surface area contributed by atoms with E-state index in [1.807, 2.05) is 17.0 Å². The SMILES string of the molecule is O=S(=O)(Cc1ccc(C(F)(F)F)cc1)N1CCN(c2ccc(N3CCOCC3)nn2)CC1. The van der Waals surface area contributed by atoms with Gasteiger partial charge in [-0.05, 0) is 29.8 Å². The van der Waals surface area contributed by atoms with Crippen molar-refractivity contribution >= 4 is 21.7 Å². The Bertz CT molecular complexity index is 1000. The van der Waals surface area contributed by atoms with Crippen LogP contribution in [0.5, 0.6) is 0 Å². The van der Waals surface area contributed by atoms with Gasteiger partial charge in [0, 0.05) is 39.3 Å². The number of piperazine rings is 1. The van der Waals surface area contributed by atoms with Crippen molar-refractivity contribution in [1.82, 2.24) is 14.5 Å². The van der Waals surface area contributed by atoms with Gasteiger partial charge in [-0.2, -0.15) is 17.5 Å². The van der Waals surface area contributed by atoms with Crippen LogP contribution < -0.4 is 9.80 Å². The highest BCUT2D eigenvalue weighted by Gasteiger charge is 2.31. The van der Waals surface area contributed by atoms with E-state index in [1.165, 1.54) is 16.4 Å². The Morgan fingerprint density at radius 1 is 0.812 bits per heavy atom. The molecule has 174 valence electrons. The third kappa shape index (κ3) is 5.30. The van der Waals surface area contributed by atoms with E-state index in [4.69, 9.17) is 4.74 Å². The summed E-state index contributed by atoms with van der Waals surface area (Å²) in [6.07, 6.45) is -4.45. The van der Waals surface area contributed by atoms with E-state index in [0.717, 1.165) is 31.0 Å². The molecular formula is C20H24F3N5O3S. The van der Waals surface area contributed by atoms with Gasteiger partial charge in [0.1, 0.15) is 0 Å². The van der Waals surface area contributed by atoms with Crippen LogP contribution >= 0.6 is 0 Å². The van der Waals surface area contributed by atoms with Crippen LogP contribution in [-0.4, -0.2) is 75.4 Å². The maximum absolute atomic E-state index is 12.7. The quantitative estimate of drug-likeness (QED) is 0.660. The van der Waals surface area contributed by atoms with Crippen molar-refractivity contribution in [3.05, 3.63) is 47.5 Å². The van der Waals surface area contributed by atoms with Gasteiger partial charge in [-0.3, -0.25) is 0 Å². The Morgan fingerprint density at radius 2 is 1.34 bits per heavy atom. The van der Waals surface area contributed by atoms with Gasteiger partial charge >= 0.3 is 6.18 Å². The number of sulfonamides is 1. The fourth-order valence-electron chi connectivity index (χ4n) is 3.74. The summed E-state index contributed by atoms with van der Waals surface area (Å²) in [4.78, 5) is 4.08. The van der Waals surface area contributed by atoms with Crippen LogP contribution in [0.4, 0.5) is 24.8 Å². The minimum atomic E-state index is -4.45. The van der Waals surface area contributed by atoms with Gasteiger partial charge in [-0.25, -0.2) is 8.42 Å². The zero-order chi connectivity index (χ0) is 22.8. The van der Waals surface area contributed by atoms with E-state index in [9.17, 15) is 21.6 Å². The molecule has 1 aromatic carbocycles. The number of morpholine rings is 1. The van der Waals surface area contributed by atoms with Crippen molar-refractivity contribution in [2.45, 2.75) is 11.9 Å². The van der Waals surface area contributed by atoms with E-state index in [2.05, 4.69) is 15.1 Å². The summed E-state index contributed by atoms with van der Waals surface area (Å²) in [6, 6.07) is 8.01. The monoisotopic (exact) mass is 471 g/mol. The van der Waals surface area contributed by atoms with E-state index >= 15 is 0 Å². The summed E-state index contributed by atoms with van der Waals surface area (Å²) in [5, 5.41) is 8.59. The lowest BCUT2D eigenvalue weighted by molar-refractivity contribution is -0.137. The zero-order valence-corrected chi connectivity index (χ0v) is 18.1. The maximum Gasteiger partial charge on any atom is 0.416 e. The van der Waals surface area contributed by atoms with Crippen LogP contribution in [-0.2, 0) is 26.7 Å². The summed E-state index contributed by atoms with van der Waals surface area (Å²) in [6.45, 7) is 4.31. The number of nitrogens with zero attached hydrogens (tertiary/aromatic N) is 5. The van der Waals surface area contributed by atoms with Gasteiger partial charge in [0.2, 0.25) is 10.0 Å². The predicted octanol–water partition coefficient (Wildman–Crippen LogP) is 1.98. The number of halogens is 3. The molecule has 3 heterocycles. The van der Waals surface area contributed by atoms with Crippen LogP contribution in [0.25, 0.3) is 0 Å². The first-order valence-corrected chi connectivity index (χ1v) is 11.9. The van der Waals surface area contributed by atoms with Gasteiger partial charge in [0.15, 0.2) is 11.6 Å². The van der Waals surface area contributed by atoms with Crippen LogP contribution in [0.2, 0.25) is 0 Å². The standard InChI is InChI=1S/C20H24F3N5O3S/c21-20(22,23)17-3-1-16(2-4-17)15-32(29,30)28-9-7-26(8-10-28)18-5-6-19(25-24-18)27-11-13-31-14-12-27/h1-6H,7-15H2. The highest BCUT2D eigenvalue weighted by Crippen LogP contribution is 2.29. The number of anilines is 2. The maximum atomic E-state index is 12.7. The minimum absolute atomic E-state index is 0.274. The summed E-state index contributed by atoms with van der Waals surface area (Å²) in [7, 11) is -3.64. The molecule has 0 N–H and O–H groups in total. The molecule has 2 saturated heterocycles. The van der Waals surface area contributed by atoms with Gasteiger partial charge < -0.3 is 14.5 Å². The van der Waals surface area contributed by atoms with Crippen molar-refractivity contribution in [1.29, 1.82) is 0 Å². The second-order valence-electron chi connectivity index (χ2n) is 7.69. The van der Waals surface area contributed by atoms with Crippen molar-refractivity contribution in [3.8, 4) is 0 Å². The van der Waals surface area contributed by atoms with E-state index in [1.54, 1.807) is 0 Å². The Morgan fingerprint density at radius 3 is 1.84 bits per heavy atom. The van der Waals surface area contributed by atoms with Crippen LogP contribution in [0.3, 0.4) is 0 Å². The Hall–Kier alpha value is -2.44. The van der Waals surface area contributed by atoms with E-state index in [-0.39, 0.29) is 18.8 Å². The third-order valence-electron chi connectivity index (χ3n) is 5.56. The molecule has 0 unspecified atom stereocenters. The van der Waals surface area contributed by atoms with Crippen molar-refractivity contribution in [3.63, 3.8) is 0 Å². The number of rotatable bonds is 5. The summed E-state index contributed by atoms with van der Waals surface area (Å²) in [5.41, 5.74) is -0.474. The van der Waals surface area contributed by atoms with Crippen LogP contribution in [0.15, 0.2) is 36.4 Å². The Balaban J connectivity index is 1.33. The van der Waals surface area contributed by atoms with Crippen molar-refractivity contribution in [2.24, 2.45) is 0 Å². The van der Waals surface area contributed by atoms with Gasteiger partial charge in [-0.1, -0.05) is 12.1 Å². The lowest BCUT2D eigenvalue weighted by atomic mass is 10.1. The molecule has 0 aliphatic carbocycles. The second-order valence-corrected chi connectivity index (χ2v) is 9.66. The highest BCUT2D eigenvalue weighted by molar-refractivity contribution is 7.88. The molecule has 0 amide bonds. The largest absolute Gasteiger partial charge is 0.416 e. The summed E-state index contributed by atoms with van der Waals surface area (Å²) >= 11 is 0. The summed E-state index contributed by atoms with van der Waals surface area (Å²) in [5.74, 6) is 1.13. The zero-order valence-electron chi connectivity index (χ0n) is 17.3. The lowest BCUT2D eigenvalue weighted by Gasteiger charge is -2.34. The molecule has 4 rings (SSSR count). The molecule has 0 radical (unpaired) electrons. The highest BCUT2D eigenvalue weighted by atomic mass is 32.2. The fourth-order valence-corrected chi connectivity index (χ4v) is 5.25. The first-order valence-electron chi connectivity index (χ1n) is 10.3. The normalized spacial score (nSPS) is 18.7. The molecule has 32 heavy (non-hydrogen) atoms. The fraction of sp³-hybridized carbons (Fsp3) is 0.500. The number of alkyl halides is 3. The molecule has 2 fully saturated rings. The molecule has 2 aliphatic heterocycles. The molecule has 12 heteroatoms. The third-order valence-corrected chi connectivity index (χ3v) is 7.41. The Labute approximate surface area is 184 Å². The second kappa shape index (κ2) is 9.20. The molecule has 0 spiro atoms. The van der Waals surface area contributed by atoms with Crippen molar-refractivity contribution < 1.29 is 26.3 Å². The average molecular weight is 472 g/mol. The first kappa shape index (κ1) is 22.7. The molecular weight excluding hydrogens is 447 g/mol. The average Bonchev–Trinajstić information content (AvgIpc) is 2.79. The number of ether oxygens (including phenoxy) is 1. The number of hydrogen-bond acceptors (Lipinski definition) is 7.